The highest BCUT2D eigenvalue weighted by atomic mass is 16.6. The lowest BCUT2D eigenvalue weighted by Crippen LogP contribution is -2.40. The van der Waals surface area contributed by atoms with E-state index in [1.165, 1.54) is 7.05 Å². The summed E-state index contributed by atoms with van der Waals surface area (Å²) in [6, 6.07) is 0. The van der Waals surface area contributed by atoms with Gasteiger partial charge in [-0.15, -0.1) is 0 Å². The fourth-order valence-corrected chi connectivity index (χ4v) is 1.63. The summed E-state index contributed by atoms with van der Waals surface area (Å²) in [5.41, 5.74) is -3.17. The second-order valence-corrected chi connectivity index (χ2v) is 5.46. The van der Waals surface area contributed by atoms with E-state index in [1.54, 1.807) is 20.8 Å². The zero-order valence-corrected chi connectivity index (χ0v) is 12.3. The maximum Gasteiger partial charge on any atom is 0.350 e. The van der Waals surface area contributed by atoms with E-state index in [0.717, 1.165) is 10.8 Å². The number of aromatic nitrogens is 2. The molecule has 1 rings (SSSR count). The van der Waals surface area contributed by atoms with Gasteiger partial charge in [-0.3, -0.25) is 28.8 Å². The summed E-state index contributed by atoms with van der Waals surface area (Å²) in [5, 5.41) is 10.7. The van der Waals surface area contributed by atoms with Gasteiger partial charge in [-0.1, -0.05) is 0 Å². The first kappa shape index (κ1) is 16.6. The lowest BCUT2D eigenvalue weighted by atomic mass is 10.2. The van der Waals surface area contributed by atoms with Gasteiger partial charge in [0.05, 0.1) is 17.5 Å². The second kappa shape index (κ2) is 5.90. The largest absolute Gasteiger partial charge is 0.460 e. The topological polar surface area (TPSA) is 113 Å². The molecule has 0 aliphatic carbocycles. The van der Waals surface area contributed by atoms with E-state index in [0.29, 0.717) is 4.57 Å². The average molecular weight is 299 g/mol. The van der Waals surface area contributed by atoms with Crippen LogP contribution in [0.3, 0.4) is 0 Å². The van der Waals surface area contributed by atoms with E-state index in [9.17, 15) is 24.5 Å². The summed E-state index contributed by atoms with van der Waals surface area (Å²) in [4.78, 5) is 45.1. The Balaban J connectivity index is 3.04. The van der Waals surface area contributed by atoms with Crippen LogP contribution in [0.1, 0.15) is 27.2 Å². The molecule has 0 radical (unpaired) electrons. The maximum atomic E-state index is 11.8. The number of nitro groups is 1. The van der Waals surface area contributed by atoms with Crippen LogP contribution < -0.4 is 11.2 Å². The molecular formula is C12H17N3O6. The number of rotatable bonds is 4. The van der Waals surface area contributed by atoms with Crippen molar-refractivity contribution >= 4 is 11.7 Å². The predicted molar refractivity (Wildman–Crippen MR) is 73.1 cm³/mol. The van der Waals surface area contributed by atoms with Gasteiger partial charge in [-0.05, 0) is 20.8 Å². The second-order valence-electron chi connectivity index (χ2n) is 5.46. The summed E-state index contributed by atoms with van der Waals surface area (Å²) < 4.78 is 6.63. The third-order valence-corrected chi connectivity index (χ3v) is 2.47. The van der Waals surface area contributed by atoms with Crippen LogP contribution in [0.25, 0.3) is 0 Å². The van der Waals surface area contributed by atoms with Gasteiger partial charge in [0.25, 0.3) is 0 Å². The van der Waals surface area contributed by atoms with Crippen LogP contribution in [-0.2, 0) is 23.1 Å². The standard InChI is InChI=1S/C12H17N3O6/c1-12(2,3)21-9(16)5-6-14-10(17)8(15(19)20)7-13(4)11(14)18/h7H,5-6H2,1-4H3. The predicted octanol–water partition coefficient (Wildman–Crippen LogP) is 0.187. The molecule has 0 amide bonds. The number of esters is 1. The van der Waals surface area contributed by atoms with Crippen molar-refractivity contribution in [2.75, 3.05) is 0 Å². The molecule has 1 heterocycles. The van der Waals surface area contributed by atoms with E-state index >= 15 is 0 Å². The molecule has 9 heteroatoms. The number of carbonyl (C=O) groups is 1. The molecule has 21 heavy (non-hydrogen) atoms. The Morgan fingerprint density at radius 2 is 1.95 bits per heavy atom. The first-order valence-electron chi connectivity index (χ1n) is 6.19. The number of aryl methyl sites for hydroxylation is 1. The van der Waals surface area contributed by atoms with Crippen LogP contribution in [0.2, 0.25) is 0 Å². The zero-order chi connectivity index (χ0) is 16.4. The first-order valence-corrected chi connectivity index (χ1v) is 6.19. The fraction of sp³-hybridized carbons (Fsp3) is 0.583. The summed E-state index contributed by atoms with van der Waals surface area (Å²) in [6.07, 6.45) is 0.627. The lowest BCUT2D eigenvalue weighted by molar-refractivity contribution is -0.387. The molecule has 1 aromatic heterocycles. The molecular weight excluding hydrogens is 282 g/mol. The minimum atomic E-state index is -1.04. The number of hydrogen-bond donors (Lipinski definition) is 0. The van der Waals surface area contributed by atoms with Crippen LogP contribution in [0, 0.1) is 10.1 Å². The van der Waals surface area contributed by atoms with Crippen LogP contribution in [0.15, 0.2) is 15.8 Å². The van der Waals surface area contributed by atoms with Crippen LogP contribution in [0.4, 0.5) is 5.69 Å². The molecule has 0 N–H and O–H groups in total. The van der Waals surface area contributed by atoms with Crippen molar-refractivity contribution in [2.45, 2.75) is 39.3 Å². The Hall–Kier alpha value is -2.45. The van der Waals surface area contributed by atoms with Gasteiger partial charge in [0.2, 0.25) is 0 Å². The van der Waals surface area contributed by atoms with Gasteiger partial charge in [0.15, 0.2) is 0 Å². The van der Waals surface area contributed by atoms with Gasteiger partial charge in [-0.25, -0.2) is 4.79 Å². The highest BCUT2D eigenvalue weighted by Crippen LogP contribution is 2.08. The lowest BCUT2D eigenvalue weighted by Gasteiger charge is -2.19. The molecule has 0 unspecified atom stereocenters. The zero-order valence-electron chi connectivity index (χ0n) is 12.3. The van der Waals surface area contributed by atoms with E-state index in [-0.39, 0.29) is 13.0 Å². The molecule has 0 saturated heterocycles. The van der Waals surface area contributed by atoms with Crippen molar-refractivity contribution in [1.29, 1.82) is 0 Å². The highest BCUT2D eigenvalue weighted by Gasteiger charge is 2.21. The molecule has 0 saturated carbocycles. The Kier molecular flexibility index (Phi) is 4.66. The molecule has 0 aliphatic rings. The molecule has 0 bridgehead atoms. The smallest absolute Gasteiger partial charge is 0.350 e. The molecule has 9 nitrogen and oxygen atoms in total. The molecule has 0 aromatic carbocycles. The molecule has 116 valence electrons. The molecule has 0 aliphatic heterocycles. The maximum absolute atomic E-state index is 11.8. The van der Waals surface area contributed by atoms with E-state index in [4.69, 9.17) is 4.74 Å². The van der Waals surface area contributed by atoms with Gasteiger partial charge in [-0.2, -0.15) is 0 Å². The summed E-state index contributed by atoms with van der Waals surface area (Å²) in [6.45, 7) is 4.78. The highest BCUT2D eigenvalue weighted by molar-refractivity contribution is 5.69. The summed E-state index contributed by atoms with van der Waals surface area (Å²) in [5.74, 6) is -0.594. The summed E-state index contributed by atoms with van der Waals surface area (Å²) in [7, 11) is 1.29. The van der Waals surface area contributed by atoms with E-state index < -0.39 is 33.4 Å². The Morgan fingerprint density at radius 3 is 2.43 bits per heavy atom. The van der Waals surface area contributed by atoms with Crippen LogP contribution in [0.5, 0.6) is 0 Å². The minimum Gasteiger partial charge on any atom is -0.460 e. The van der Waals surface area contributed by atoms with Crippen molar-refractivity contribution in [2.24, 2.45) is 7.05 Å². The monoisotopic (exact) mass is 299 g/mol. The average Bonchev–Trinajstić information content (AvgIpc) is 2.31. The molecule has 0 atom stereocenters. The molecule has 0 spiro atoms. The normalized spacial score (nSPS) is 11.2. The van der Waals surface area contributed by atoms with Crippen molar-refractivity contribution in [3.63, 3.8) is 0 Å². The number of nitrogens with zero attached hydrogens (tertiary/aromatic N) is 3. The first-order chi connectivity index (χ1) is 9.53. The number of carbonyl (C=O) groups excluding carboxylic acids is 1. The van der Waals surface area contributed by atoms with Gasteiger partial charge >= 0.3 is 22.9 Å². The minimum absolute atomic E-state index is 0.229. The Labute approximate surface area is 119 Å². The molecule has 1 aromatic rings. The van der Waals surface area contributed by atoms with Crippen molar-refractivity contribution in [3.05, 3.63) is 37.1 Å². The van der Waals surface area contributed by atoms with Crippen LogP contribution in [-0.4, -0.2) is 25.6 Å². The number of ether oxygens (including phenoxy) is 1. The van der Waals surface area contributed by atoms with Crippen molar-refractivity contribution < 1.29 is 14.5 Å². The van der Waals surface area contributed by atoms with Crippen LogP contribution >= 0.6 is 0 Å². The van der Waals surface area contributed by atoms with E-state index in [2.05, 4.69) is 0 Å². The number of hydrogen-bond acceptors (Lipinski definition) is 6. The van der Waals surface area contributed by atoms with Crippen molar-refractivity contribution in [3.8, 4) is 0 Å². The summed E-state index contributed by atoms with van der Waals surface area (Å²) >= 11 is 0. The fourth-order valence-electron chi connectivity index (χ4n) is 1.63. The SMILES string of the molecule is Cn1cc([N+](=O)[O-])c(=O)n(CCC(=O)OC(C)(C)C)c1=O. The third-order valence-electron chi connectivity index (χ3n) is 2.47. The van der Waals surface area contributed by atoms with Gasteiger partial charge in [0.1, 0.15) is 5.60 Å². The quantitative estimate of drug-likeness (QED) is 0.445. The van der Waals surface area contributed by atoms with Gasteiger partial charge < -0.3 is 4.74 Å². The Morgan fingerprint density at radius 1 is 1.38 bits per heavy atom. The third kappa shape index (κ3) is 4.26. The van der Waals surface area contributed by atoms with Crippen molar-refractivity contribution in [1.82, 2.24) is 9.13 Å². The van der Waals surface area contributed by atoms with E-state index in [1.807, 2.05) is 0 Å². The Bertz CT molecular complexity index is 680. The molecule has 0 fully saturated rings. The van der Waals surface area contributed by atoms with Gasteiger partial charge in [0, 0.05) is 13.6 Å².